The molecule has 2 aromatic rings. The quantitative estimate of drug-likeness (QED) is 0.900. The molecule has 2 unspecified atom stereocenters. The number of benzene rings is 1. The van der Waals surface area contributed by atoms with Gasteiger partial charge in [0.25, 0.3) is 0 Å². The number of hydrogen-bond acceptors (Lipinski definition) is 2. The molecule has 0 bridgehead atoms. The third-order valence-corrected chi connectivity index (χ3v) is 3.19. The molecule has 0 aliphatic rings. The lowest BCUT2D eigenvalue weighted by molar-refractivity contribution is 0.443. The van der Waals surface area contributed by atoms with Crippen molar-refractivity contribution < 1.29 is 0 Å². The molecule has 2 atom stereocenters. The van der Waals surface area contributed by atoms with Crippen molar-refractivity contribution in [3.05, 3.63) is 52.8 Å². The van der Waals surface area contributed by atoms with Gasteiger partial charge in [-0.05, 0) is 39.3 Å². The molecular formula is C15H21N3. The summed E-state index contributed by atoms with van der Waals surface area (Å²) in [6.45, 7) is 8.22. The van der Waals surface area contributed by atoms with Crippen molar-refractivity contribution >= 4 is 0 Å². The maximum Gasteiger partial charge on any atom is 0.0919 e. The highest BCUT2D eigenvalue weighted by Gasteiger charge is 2.20. The molecule has 0 saturated heterocycles. The van der Waals surface area contributed by atoms with Crippen LogP contribution in [-0.4, -0.2) is 15.8 Å². The van der Waals surface area contributed by atoms with E-state index in [1.807, 2.05) is 18.5 Å². The van der Waals surface area contributed by atoms with Crippen LogP contribution in [0.1, 0.15) is 35.5 Å². The highest BCUT2D eigenvalue weighted by Crippen LogP contribution is 2.23. The van der Waals surface area contributed by atoms with E-state index in [-0.39, 0.29) is 12.1 Å². The Labute approximate surface area is 109 Å². The van der Waals surface area contributed by atoms with Gasteiger partial charge in [-0.2, -0.15) is 5.10 Å². The average Bonchev–Trinajstić information content (AvgIpc) is 2.58. The van der Waals surface area contributed by atoms with Crippen LogP contribution in [0.2, 0.25) is 0 Å². The fourth-order valence-corrected chi connectivity index (χ4v) is 2.45. The van der Waals surface area contributed by atoms with Gasteiger partial charge in [0.05, 0.1) is 11.7 Å². The van der Waals surface area contributed by atoms with Crippen molar-refractivity contribution in [1.29, 1.82) is 0 Å². The predicted octanol–water partition coefficient (Wildman–Crippen LogP) is 2.74. The van der Waals surface area contributed by atoms with Crippen LogP contribution < -0.4 is 5.73 Å². The van der Waals surface area contributed by atoms with Crippen LogP contribution in [0.4, 0.5) is 0 Å². The summed E-state index contributed by atoms with van der Waals surface area (Å²) in [5.41, 5.74) is 10.8. The number of rotatable bonds is 3. The molecule has 0 radical (unpaired) electrons. The second kappa shape index (κ2) is 4.94. The molecule has 2 N–H and O–H groups in total. The topological polar surface area (TPSA) is 43.8 Å². The van der Waals surface area contributed by atoms with Crippen molar-refractivity contribution in [3.8, 4) is 0 Å². The number of hydrogen-bond donors (Lipinski definition) is 1. The molecule has 96 valence electrons. The van der Waals surface area contributed by atoms with Crippen LogP contribution in [0.25, 0.3) is 0 Å². The molecule has 1 aromatic heterocycles. The maximum absolute atomic E-state index is 6.17. The first-order valence-electron chi connectivity index (χ1n) is 6.34. The zero-order valence-corrected chi connectivity index (χ0v) is 11.5. The second-order valence-corrected chi connectivity index (χ2v) is 5.09. The zero-order valence-electron chi connectivity index (χ0n) is 11.5. The maximum atomic E-state index is 6.17. The van der Waals surface area contributed by atoms with E-state index in [9.17, 15) is 0 Å². The summed E-state index contributed by atoms with van der Waals surface area (Å²) >= 11 is 0. The highest BCUT2D eigenvalue weighted by atomic mass is 15.3. The molecule has 1 aromatic carbocycles. The van der Waals surface area contributed by atoms with Crippen LogP contribution in [0.3, 0.4) is 0 Å². The Hall–Kier alpha value is -1.61. The minimum atomic E-state index is 0.0183. The molecular weight excluding hydrogens is 222 g/mol. The molecule has 18 heavy (non-hydrogen) atoms. The van der Waals surface area contributed by atoms with E-state index in [4.69, 9.17) is 5.73 Å². The number of nitrogens with zero attached hydrogens (tertiary/aromatic N) is 2. The van der Waals surface area contributed by atoms with E-state index in [0.29, 0.717) is 0 Å². The van der Waals surface area contributed by atoms with E-state index in [2.05, 4.69) is 49.3 Å². The first-order valence-corrected chi connectivity index (χ1v) is 6.34. The fraction of sp³-hybridized carbons (Fsp3) is 0.400. The van der Waals surface area contributed by atoms with Crippen molar-refractivity contribution in [1.82, 2.24) is 9.78 Å². The van der Waals surface area contributed by atoms with E-state index < -0.39 is 0 Å². The first-order chi connectivity index (χ1) is 8.49. The Bertz CT molecular complexity index is 540. The summed E-state index contributed by atoms with van der Waals surface area (Å²) in [5.74, 6) is 0. The number of aromatic nitrogens is 2. The van der Waals surface area contributed by atoms with E-state index in [0.717, 1.165) is 11.4 Å². The van der Waals surface area contributed by atoms with E-state index >= 15 is 0 Å². The monoisotopic (exact) mass is 243 g/mol. The van der Waals surface area contributed by atoms with Crippen LogP contribution in [0.15, 0.2) is 30.3 Å². The minimum Gasteiger partial charge on any atom is -0.326 e. The lowest BCUT2D eigenvalue weighted by Crippen LogP contribution is -2.31. The van der Waals surface area contributed by atoms with Crippen molar-refractivity contribution in [2.24, 2.45) is 5.73 Å². The summed E-state index contributed by atoms with van der Waals surface area (Å²) in [6.07, 6.45) is 0. The van der Waals surface area contributed by atoms with Gasteiger partial charge in [-0.1, -0.05) is 29.8 Å². The number of nitrogens with two attached hydrogens (primary N) is 1. The van der Waals surface area contributed by atoms with Gasteiger partial charge in [-0.15, -0.1) is 0 Å². The zero-order chi connectivity index (χ0) is 13.3. The Morgan fingerprint density at radius 1 is 1.17 bits per heavy atom. The fourth-order valence-electron chi connectivity index (χ4n) is 2.45. The minimum absolute atomic E-state index is 0.0183. The predicted molar refractivity (Wildman–Crippen MR) is 74.7 cm³/mol. The van der Waals surface area contributed by atoms with Gasteiger partial charge in [0.1, 0.15) is 0 Å². The van der Waals surface area contributed by atoms with Gasteiger partial charge in [-0.25, -0.2) is 0 Å². The van der Waals surface area contributed by atoms with Crippen LogP contribution in [0.5, 0.6) is 0 Å². The van der Waals surface area contributed by atoms with E-state index in [1.54, 1.807) is 0 Å². The third kappa shape index (κ3) is 2.46. The molecule has 3 nitrogen and oxygen atoms in total. The van der Waals surface area contributed by atoms with Crippen LogP contribution in [-0.2, 0) is 0 Å². The molecule has 2 rings (SSSR count). The van der Waals surface area contributed by atoms with Gasteiger partial charge < -0.3 is 5.73 Å². The molecule has 0 saturated carbocycles. The van der Waals surface area contributed by atoms with Crippen molar-refractivity contribution in [3.63, 3.8) is 0 Å². The van der Waals surface area contributed by atoms with E-state index in [1.165, 1.54) is 11.1 Å². The Morgan fingerprint density at radius 3 is 2.39 bits per heavy atom. The molecule has 0 aliphatic heterocycles. The van der Waals surface area contributed by atoms with Gasteiger partial charge >= 0.3 is 0 Å². The summed E-state index contributed by atoms with van der Waals surface area (Å²) < 4.78 is 2.04. The normalized spacial score (nSPS) is 14.5. The van der Waals surface area contributed by atoms with Crippen molar-refractivity contribution in [2.75, 3.05) is 0 Å². The number of aryl methyl sites for hydroxylation is 3. The first kappa shape index (κ1) is 12.8. The lowest BCUT2D eigenvalue weighted by Gasteiger charge is -2.23. The Morgan fingerprint density at radius 2 is 1.89 bits per heavy atom. The van der Waals surface area contributed by atoms with Gasteiger partial charge in [0.15, 0.2) is 0 Å². The van der Waals surface area contributed by atoms with Gasteiger partial charge in [0.2, 0.25) is 0 Å². The Kier molecular flexibility index (Phi) is 3.53. The summed E-state index contributed by atoms with van der Waals surface area (Å²) in [5, 5.41) is 4.57. The summed E-state index contributed by atoms with van der Waals surface area (Å²) in [4.78, 5) is 0. The third-order valence-electron chi connectivity index (χ3n) is 3.19. The molecule has 1 heterocycles. The van der Waals surface area contributed by atoms with Gasteiger partial charge in [-0.3, -0.25) is 4.68 Å². The lowest BCUT2D eigenvalue weighted by atomic mass is 9.99. The average molecular weight is 243 g/mol. The summed E-state index contributed by atoms with van der Waals surface area (Å²) in [6, 6.07) is 10.7. The second-order valence-electron chi connectivity index (χ2n) is 5.09. The molecule has 0 aliphatic carbocycles. The van der Waals surface area contributed by atoms with Crippen molar-refractivity contribution in [2.45, 2.75) is 39.8 Å². The molecule has 0 spiro atoms. The smallest absolute Gasteiger partial charge is 0.0919 e. The Balaban J connectivity index is 2.50. The molecule has 0 fully saturated rings. The SMILES string of the molecule is Cc1cccc(C(C(C)N)n2nc(C)cc2C)c1. The summed E-state index contributed by atoms with van der Waals surface area (Å²) in [7, 11) is 0. The highest BCUT2D eigenvalue weighted by molar-refractivity contribution is 5.27. The molecule has 0 amide bonds. The van der Waals surface area contributed by atoms with Gasteiger partial charge in [0, 0.05) is 11.7 Å². The molecule has 3 heteroatoms. The van der Waals surface area contributed by atoms with Crippen LogP contribution in [0, 0.1) is 20.8 Å². The standard InChI is InChI=1S/C15H21N3/c1-10-6-5-7-14(8-10)15(13(4)16)18-12(3)9-11(2)17-18/h5-9,13,15H,16H2,1-4H3. The van der Waals surface area contributed by atoms with Crippen LogP contribution >= 0.6 is 0 Å². The largest absolute Gasteiger partial charge is 0.326 e.